The van der Waals surface area contributed by atoms with E-state index in [2.05, 4.69) is 15.1 Å². The van der Waals surface area contributed by atoms with Crippen LogP contribution in [0.15, 0.2) is 85.5 Å². The molecule has 1 aliphatic heterocycles. The molecule has 0 amide bonds. The number of nitrogens with zero attached hydrogens (tertiary/aromatic N) is 7. The highest BCUT2D eigenvalue weighted by Crippen LogP contribution is 2.49. The lowest BCUT2D eigenvalue weighted by molar-refractivity contribution is 0.295. The van der Waals surface area contributed by atoms with Crippen LogP contribution in [0.5, 0.6) is 23.3 Å². The highest BCUT2D eigenvalue weighted by atomic mass is 16.5. The molecule has 0 bridgehead atoms. The Morgan fingerprint density at radius 3 is 2.51 bits per heavy atom. The first-order valence-corrected chi connectivity index (χ1v) is 12.4. The Morgan fingerprint density at radius 2 is 1.74 bits per heavy atom. The predicted molar refractivity (Wildman–Crippen MR) is 142 cm³/mol. The zero-order chi connectivity index (χ0) is 26.3. The number of fused-ring (bicyclic) bond motifs is 4. The molecule has 39 heavy (non-hydrogen) atoms. The van der Waals surface area contributed by atoms with Crippen LogP contribution in [0.4, 0.5) is 0 Å². The summed E-state index contributed by atoms with van der Waals surface area (Å²) >= 11 is 0. The second kappa shape index (κ2) is 9.25. The van der Waals surface area contributed by atoms with Crippen molar-refractivity contribution in [3.8, 4) is 28.9 Å². The Hall–Kier alpha value is -5.25. The number of hydrogen-bond donors (Lipinski definition) is 0. The van der Waals surface area contributed by atoms with Crippen molar-refractivity contribution in [2.75, 3.05) is 7.11 Å². The summed E-state index contributed by atoms with van der Waals surface area (Å²) in [6.07, 6.45) is 5.23. The Kier molecular flexibility index (Phi) is 5.43. The molecule has 5 heterocycles. The topological polar surface area (TPSA) is 101 Å². The maximum Gasteiger partial charge on any atom is 0.230 e. The molecule has 1 aliphatic rings. The van der Waals surface area contributed by atoms with Gasteiger partial charge in [-0.2, -0.15) is 5.10 Å². The van der Waals surface area contributed by atoms with Crippen molar-refractivity contribution in [3.05, 3.63) is 114 Å². The van der Waals surface area contributed by atoms with Crippen molar-refractivity contribution in [1.29, 1.82) is 0 Å². The second-order valence-corrected chi connectivity index (χ2v) is 9.10. The van der Waals surface area contributed by atoms with Gasteiger partial charge in [0.15, 0.2) is 11.5 Å². The molecule has 192 valence electrons. The Balaban J connectivity index is 1.33. The van der Waals surface area contributed by atoms with Gasteiger partial charge in [-0.3, -0.25) is 4.98 Å². The number of pyridine rings is 1. The normalized spacial score (nSPS) is 13.9. The van der Waals surface area contributed by atoms with E-state index < -0.39 is 0 Å². The van der Waals surface area contributed by atoms with Gasteiger partial charge in [0.1, 0.15) is 24.4 Å². The van der Waals surface area contributed by atoms with E-state index in [1.165, 1.54) is 0 Å². The molecule has 10 nitrogen and oxygen atoms in total. The molecule has 1 unspecified atom stereocenters. The van der Waals surface area contributed by atoms with Crippen LogP contribution in [0.3, 0.4) is 0 Å². The molecule has 4 aromatic heterocycles. The van der Waals surface area contributed by atoms with E-state index in [1.54, 1.807) is 24.1 Å². The molecule has 7 rings (SSSR count). The fourth-order valence-corrected chi connectivity index (χ4v) is 4.93. The minimum atomic E-state index is -0.259. The van der Waals surface area contributed by atoms with E-state index >= 15 is 0 Å². The highest BCUT2D eigenvalue weighted by molar-refractivity contribution is 5.66. The van der Waals surface area contributed by atoms with E-state index in [9.17, 15) is 0 Å². The SMILES string of the molecule is COc1ccc(OCc2nc3c4c(ncn3n2)Oc2c(c(C)nn2-c2ccccc2)C4c2cccnc2)cc1. The number of aryl methyl sites for hydroxylation is 1. The average molecular weight is 518 g/mol. The summed E-state index contributed by atoms with van der Waals surface area (Å²) in [7, 11) is 1.63. The van der Waals surface area contributed by atoms with Crippen LogP contribution in [0.1, 0.15) is 34.1 Å². The smallest absolute Gasteiger partial charge is 0.230 e. The maximum absolute atomic E-state index is 6.45. The zero-order valence-electron chi connectivity index (χ0n) is 21.2. The lowest BCUT2D eigenvalue weighted by atomic mass is 9.85. The van der Waals surface area contributed by atoms with Crippen LogP contribution in [0, 0.1) is 6.92 Å². The molecule has 0 spiro atoms. The van der Waals surface area contributed by atoms with Crippen LogP contribution in [-0.2, 0) is 6.61 Å². The summed E-state index contributed by atoms with van der Waals surface area (Å²) in [5.74, 6) is 2.80. The predicted octanol–water partition coefficient (Wildman–Crippen LogP) is 4.89. The van der Waals surface area contributed by atoms with Crippen molar-refractivity contribution in [3.63, 3.8) is 0 Å². The first kappa shape index (κ1) is 22.9. The van der Waals surface area contributed by atoms with Gasteiger partial charge in [-0.15, -0.1) is 5.10 Å². The summed E-state index contributed by atoms with van der Waals surface area (Å²) in [5, 5.41) is 9.48. The molecule has 10 heteroatoms. The van der Waals surface area contributed by atoms with Crippen LogP contribution in [0.25, 0.3) is 11.3 Å². The molecule has 0 radical (unpaired) electrons. The van der Waals surface area contributed by atoms with E-state index in [0.29, 0.717) is 29.0 Å². The van der Waals surface area contributed by atoms with Gasteiger partial charge in [-0.25, -0.2) is 19.2 Å². The summed E-state index contributed by atoms with van der Waals surface area (Å²) in [6, 6.07) is 21.3. The number of ether oxygens (including phenoxy) is 3. The van der Waals surface area contributed by atoms with E-state index in [0.717, 1.165) is 33.8 Å². The van der Waals surface area contributed by atoms with Crippen LogP contribution in [-0.4, -0.2) is 41.5 Å². The van der Waals surface area contributed by atoms with Gasteiger partial charge in [-0.1, -0.05) is 24.3 Å². The van der Waals surface area contributed by atoms with Crippen LogP contribution in [0.2, 0.25) is 0 Å². The summed E-state index contributed by atoms with van der Waals surface area (Å²) in [5.41, 5.74) is 5.10. The third kappa shape index (κ3) is 3.93. The maximum atomic E-state index is 6.45. The number of methoxy groups -OCH3 is 1. The zero-order valence-corrected chi connectivity index (χ0v) is 21.2. The monoisotopic (exact) mass is 517 g/mol. The number of benzene rings is 2. The van der Waals surface area contributed by atoms with Gasteiger partial charge in [0, 0.05) is 12.4 Å². The van der Waals surface area contributed by atoms with Crippen LogP contribution >= 0.6 is 0 Å². The van der Waals surface area contributed by atoms with Gasteiger partial charge in [0.05, 0.1) is 35.5 Å². The van der Waals surface area contributed by atoms with Crippen molar-refractivity contribution >= 4 is 5.65 Å². The molecular formula is C29H23N7O3. The Labute approximate surface area is 223 Å². The molecule has 6 aromatic rings. The summed E-state index contributed by atoms with van der Waals surface area (Å²) in [6.45, 7) is 2.18. The van der Waals surface area contributed by atoms with E-state index in [4.69, 9.17) is 24.3 Å². The molecule has 0 saturated heterocycles. The van der Waals surface area contributed by atoms with Crippen molar-refractivity contribution in [1.82, 2.24) is 34.3 Å². The summed E-state index contributed by atoms with van der Waals surface area (Å²) < 4.78 is 21.1. The molecule has 0 saturated carbocycles. The highest BCUT2D eigenvalue weighted by Gasteiger charge is 2.38. The first-order valence-electron chi connectivity index (χ1n) is 12.4. The van der Waals surface area contributed by atoms with Crippen molar-refractivity contribution in [2.24, 2.45) is 0 Å². The molecule has 0 aliphatic carbocycles. The summed E-state index contributed by atoms with van der Waals surface area (Å²) in [4.78, 5) is 13.9. The minimum absolute atomic E-state index is 0.192. The molecule has 0 N–H and O–H groups in total. The lowest BCUT2D eigenvalue weighted by Crippen LogP contribution is -2.16. The van der Waals surface area contributed by atoms with Crippen molar-refractivity contribution < 1.29 is 14.2 Å². The number of para-hydroxylation sites is 1. The van der Waals surface area contributed by atoms with Gasteiger partial charge in [-0.05, 0) is 55.0 Å². The number of aromatic nitrogens is 7. The number of rotatable bonds is 6. The lowest BCUT2D eigenvalue weighted by Gasteiger charge is -2.26. The second-order valence-electron chi connectivity index (χ2n) is 9.10. The van der Waals surface area contributed by atoms with Gasteiger partial charge < -0.3 is 14.2 Å². The number of hydrogen-bond acceptors (Lipinski definition) is 8. The first-order chi connectivity index (χ1) is 19.2. The van der Waals surface area contributed by atoms with Crippen LogP contribution < -0.4 is 14.2 Å². The molecule has 2 aromatic carbocycles. The van der Waals surface area contributed by atoms with E-state index in [-0.39, 0.29) is 12.5 Å². The van der Waals surface area contributed by atoms with Gasteiger partial charge in [0.2, 0.25) is 11.8 Å². The van der Waals surface area contributed by atoms with Crippen molar-refractivity contribution in [2.45, 2.75) is 19.4 Å². The van der Waals surface area contributed by atoms with Gasteiger partial charge in [0.25, 0.3) is 0 Å². The largest absolute Gasteiger partial charge is 0.497 e. The fourth-order valence-electron chi connectivity index (χ4n) is 4.93. The minimum Gasteiger partial charge on any atom is -0.497 e. The molecule has 0 fully saturated rings. The van der Waals surface area contributed by atoms with Gasteiger partial charge >= 0.3 is 0 Å². The standard InChI is InChI=1S/C29H23N7O3/c1-18-24-25(19-7-6-14-30-15-19)26-27-32-23(16-38-22-12-10-21(37-2)11-13-22)34-35(27)17-31-28(26)39-29(24)36(33-18)20-8-4-3-5-9-20/h3-15,17,25H,16H2,1-2H3. The Morgan fingerprint density at radius 1 is 0.923 bits per heavy atom. The third-order valence-corrected chi connectivity index (χ3v) is 6.71. The molecular weight excluding hydrogens is 494 g/mol. The quantitative estimate of drug-likeness (QED) is 0.307. The Bertz CT molecular complexity index is 1780. The third-order valence-electron chi connectivity index (χ3n) is 6.71. The molecule has 1 atom stereocenters. The average Bonchev–Trinajstić information content (AvgIpc) is 3.56. The van der Waals surface area contributed by atoms with E-state index in [1.807, 2.05) is 84.5 Å². The fraction of sp³-hybridized carbons (Fsp3) is 0.138.